The molecule has 5 rings (SSSR count). The number of aliphatic hydroxyl groups is 1. The summed E-state index contributed by atoms with van der Waals surface area (Å²) in [5.74, 6) is -1.78. The maximum Gasteiger partial charge on any atom is 0.244 e. The van der Waals surface area contributed by atoms with Crippen LogP contribution in [0.2, 0.25) is 0 Å². The van der Waals surface area contributed by atoms with Gasteiger partial charge in [0, 0.05) is 17.0 Å². The number of aliphatic hydroxyl groups excluding tert-OH is 1. The number of hydrogen-bond donors (Lipinski definition) is 3. The van der Waals surface area contributed by atoms with E-state index in [1.54, 1.807) is 16.7 Å². The van der Waals surface area contributed by atoms with E-state index in [0.717, 1.165) is 18.4 Å². The summed E-state index contributed by atoms with van der Waals surface area (Å²) in [4.78, 5) is 43.8. The van der Waals surface area contributed by atoms with Crippen molar-refractivity contribution in [3.8, 4) is 0 Å². The lowest BCUT2D eigenvalue weighted by Crippen LogP contribution is -2.57. The zero-order chi connectivity index (χ0) is 27.1. The average Bonchev–Trinajstić information content (AvgIpc) is 3.49. The molecule has 2 bridgehead atoms. The summed E-state index contributed by atoms with van der Waals surface area (Å²) in [6.07, 6.45) is 2.18. The topological polar surface area (TPSA) is 98.7 Å². The zero-order valence-electron chi connectivity index (χ0n) is 22.2. The minimum Gasteiger partial charge on any atom is -0.394 e. The van der Waals surface area contributed by atoms with Gasteiger partial charge >= 0.3 is 0 Å². The Morgan fingerprint density at radius 3 is 2.37 bits per heavy atom. The van der Waals surface area contributed by atoms with Crippen LogP contribution < -0.4 is 10.6 Å². The molecule has 3 amide bonds. The second-order valence-electron chi connectivity index (χ2n) is 11.2. The van der Waals surface area contributed by atoms with Crippen LogP contribution in [0.25, 0.3) is 0 Å². The summed E-state index contributed by atoms with van der Waals surface area (Å²) in [7, 11) is 0. The predicted octanol–water partition coefficient (Wildman–Crippen LogP) is 3.83. The summed E-state index contributed by atoms with van der Waals surface area (Å²) in [5, 5.41) is 16.6. The molecule has 38 heavy (non-hydrogen) atoms. The Balaban J connectivity index is 1.51. The molecular formula is C30H37N3O4S. The van der Waals surface area contributed by atoms with Gasteiger partial charge in [-0.25, -0.2) is 0 Å². The Kier molecular flexibility index (Phi) is 7.31. The highest BCUT2D eigenvalue weighted by Crippen LogP contribution is 2.71. The van der Waals surface area contributed by atoms with Crippen LogP contribution in [0.1, 0.15) is 45.6 Å². The standard InChI is InChI=1S/C30H37N3O4S/c1-4-19(2)22(18-34)33-25(27(36)31-17-20-11-7-5-8-12-20)30-16-15-29(3,38-30)23(24(30)28(33)37)26(35)32-21-13-9-6-10-14-21/h5-14,19,22-25,34H,4,15-18H2,1-3H3,(H,31,36)(H,32,35)/t19-,22-,23-,24-,25?,29+,30?/m0/s1. The van der Waals surface area contributed by atoms with Crippen LogP contribution in [0, 0.1) is 17.8 Å². The second-order valence-corrected chi connectivity index (χ2v) is 13.1. The van der Waals surface area contributed by atoms with Crippen molar-refractivity contribution in [1.29, 1.82) is 0 Å². The van der Waals surface area contributed by atoms with Crippen LogP contribution in [0.3, 0.4) is 0 Å². The third kappa shape index (κ3) is 4.31. The molecule has 7 nitrogen and oxygen atoms in total. The molecule has 3 saturated heterocycles. The van der Waals surface area contributed by atoms with Gasteiger partial charge in [-0.1, -0.05) is 68.8 Å². The van der Waals surface area contributed by atoms with Gasteiger partial charge in [0.2, 0.25) is 17.7 Å². The lowest BCUT2D eigenvalue weighted by molar-refractivity contribution is -0.143. The number of anilines is 1. The van der Waals surface area contributed by atoms with E-state index in [1.807, 2.05) is 74.5 Å². The van der Waals surface area contributed by atoms with Gasteiger partial charge in [-0.3, -0.25) is 14.4 Å². The van der Waals surface area contributed by atoms with Crippen molar-refractivity contribution in [3.05, 3.63) is 66.2 Å². The highest BCUT2D eigenvalue weighted by atomic mass is 32.2. The number of fused-ring (bicyclic) bond motifs is 1. The highest BCUT2D eigenvalue weighted by Gasteiger charge is 2.77. The number of rotatable bonds is 9. The Morgan fingerprint density at radius 2 is 1.74 bits per heavy atom. The first-order chi connectivity index (χ1) is 18.3. The molecule has 202 valence electrons. The molecule has 0 aromatic heterocycles. The molecule has 2 unspecified atom stereocenters. The van der Waals surface area contributed by atoms with E-state index in [1.165, 1.54) is 0 Å². The van der Waals surface area contributed by atoms with E-state index in [4.69, 9.17) is 0 Å². The molecule has 3 aliphatic heterocycles. The number of carbonyl (C=O) groups excluding carboxylic acids is 3. The first-order valence-corrected chi connectivity index (χ1v) is 14.4. The summed E-state index contributed by atoms with van der Waals surface area (Å²) in [6, 6.07) is 17.7. The van der Waals surface area contributed by atoms with Gasteiger partial charge in [0.1, 0.15) is 6.04 Å². The van der Waals surface area contributed by atoms with Crippen LogP contribution in [-0.2, 0) is 20.9 Å². The Labute approximate surface area is 228 Å². The second kappa shape index (κ2) is 10.4. The van der Waals surface area contributed by atoms with Crippen LogP contribution in [0.4, 0.5) is 5.69 Å². The van der Waals surface area contributed by atoms with E-state index in [2.05, 4.69) is 17.6 Å². The number of hydrogen-bond acceptors (Lipinski definition) is 5. The molecular weight excluding hydrogens is 498 g/mol. The number of para-hydroxylation sites is 1. The molecule has 2 aromatic rings. The molecule has 3 N–H and O–H groups in total. The zero-order valence-corrected chi connectivity index (χ0v) is 23.0. The van der Waals surface area contributed by atoms with Crippen LogP contribution >= 0.6 is 11.8 Å². The maximum absolute atomic E-state index is 14.3. The number of thioether (sulfide) groups is 1. The number of carbonyl (C=O) groups is 3. The lowest BCUT2D eigenvalue weighted by atomic mass is 9.66. The van der Waals surface area contributed by atoms with Gasteiger partial charge in [-0.2, -0.15) is 0 Å². The fourth-order valence-corrected chi connectivity index (χ4v) is 9.20. The van der Waals surface area contributed by atoms with Crippen molar-refractivity contribution in [1.82, 2.24) is 10.2 Å². The number of nitrogens with one attached hydrogen (secondary N) is 2. The van der Waals surface area contributed by atoms with Crippen molar-refractivity contribution >= 4 is 35.2 Å². The minimum absolute atomic E-state index is 0.00187. The third-order valence-electron chi connectivity index (χ3n) is 8.94. The largest absolute Gasteiger partial charge is 0.394 e. The van der Waals surface area contributed by atoms with E-state index < -0.39 is 33.4 Å². The molecule has 0 saturated carbocycles. The van der Waals surface area contributed by atoms with Gasteiger partial charge < -0.3 is 20.6 Å². The molecule has 8 heteroatoms. The van der Waals surface area contributed by atoms with E-state index >= 15 is 0 Å². The molecule has 0 aliphatic carbocycles. The van der Waals surface area contributed by atoms with Crippen molar-refractivity contribution in [2.45, 2.75) is 68.2 Å². The van der Waals surface area contributed by atoms with Gasteiger partial charge in [-0.15, -0.1) is 11.8 Å². The van der Waals surface area contributed by atoms with Crippen molar-refractivity contribution in [2.24, 2.45) is 17.8 Å². The lowest BCUT2D eigenvalue weighted by Gasteiger charge is -2.39. The molecule has 1 spiro atoms. The number of amides is 3. The Hall–Kier alpha value is -2.84. The third-order valence-corrected chi connectivity index (χ3v) is 10.9. The van der Waals surface area contributed by atoms with Crippen LogP contribution in [-0.4, -0.2) is 55.9 Å². The Morgan fingerprint density at radius 1 is 1.08 bits per heavy atom. The predicted molar refractivity (Wildman–Crippen MR) is 149 cm³/mol. The normalized spacial score (nSPS) is 31.1. The number of nitrogens with zero attached hydrogens (tertiary/aromatic N) is 1. The quantitative estimate of drug-likeness (QED) is 0.453. The first kappa shape index (κ1) is 26.8. The molecule has 2 aromatic carbocycles. The fraction of sp³-hybridized carbons (Fsp3) is 0.500. The highest BCUT2D eigenvalue weighted by molar-refractivity contribution is 8.02. The average molecular weight is 536 g/mol. The molecule has 3 aliphatic rings. The monoisotopic (exact) mass is 535 g/mol. The Bertz CT molecular complexity index is 1190. The van der Waals surface area contributed by atoms with E-state index in [0.29, 0.717) is 18.7 Å². The minimum atomic E-state index is -0.754. The maximum atomic E-state index is 14.3. The van der Waals surface area contributed by atoms with Gasteiger partial charge in [0.05, 0.1) is 29.2 Å². The van der Waals surface area contributed by atoms with Gasteiger partial charge in [0.15, 0.2) is 0 Å². The summed E-state index contributed by atoms with van der Waals surface area (Å²) in [6.45, 7) is 6.22. The molecule has 3 heterocycles. The molecule has 7 atom stereocenters. The SMILES string of the molecule is CC[C@H](C)[C@H](CO)N1C(=O)[C@@H]2[C@@H](C(=O)Nc3ccccc3)[C@@]3(C)CCC2(S3)C1C(=O)NCc1ccccc1. The van der Waals surface area contributed by atoms with Gasteiger partial charge in [-0.05, 0) is 43.4 Å². The van der Waals surface area contributed by atoms with Crippen molar-refractivity contribution in [2.75, 3.05) is 11.9 Å². The van der Waals surface area contributed by atoms with E-state index in [9.17, 15) is 19.5 Å². The number of likely N-dealkylation sites (tertiary alicyclic amines) is 1. The fourth-order valence-electron chi connectivity index (χ4n) is 6.86. The molecule has 0 radical (unpaired) electrons. The van der Waals surface area contributed by atoms with Crippen molar-refractivity contribution in [3.63, 3.8) is 0 Å². The summed E-state index contributed by atoms with van der Waals surface area (Å²) < 4.78 is -1.17. The molecule has 3 fully saturated rings. The first-order valence-electron chi connectivity index (χ1n) is 13.6. The van der Waals surface area contributed by atoms with E-state index in [-0.39, 0.29) is 30.2 Å². The van der Waals surface area contributed by atoms with Crippen LogP contribution in [0.15, 0.2) is 60.7 Å². The summed E-state index contributed by atoms with van der Waals surface area (Å²) >= 11 is 1.65. The van der Waals surface area contributed by atoms with Crippen LogP contribution in [0.5, 0.6) is 0 Å². The smallest absolute Gasteiger partial charge is 0.244 e. The number of benzene rings is 2. The summed E-state index contributed by atoms with van der Waals surface area (Å²) in [5.41, 5.74) is 1.66. The van der Waals surface area contributed by atoms with Crippen molar-refractivity contribution < 1.29 is 19.5 Å². The van der Waals surface area contributed by atoms with Gasteiger partial charge in [0.25, 0.3) is 0 Å².